The lowest BCUT2D eigenvalue weighted by molar-refractivity contribution is -0.116. The van der Waals surface area contributed by atoms with Crippen molar-refractivity contribution in [2.45, 2.75) is 6.17 Å². The number of ether oxygens (including phenoxy) is 2. The van der Waals surface area contributed by atoms with Crippen LogP contribution < -0.4 is 25.4 Å². The van der Waals surface area contributed by atoms with Gasteiger partial charge in [0.15, 0.2) is 11.5 Å². The highest BCUT2D eigenvalue weighted by atomic mass is 16.5. The molecule has 130 valence electrons. The molecule has 0 radical (unpaired) electrons. The van der Waals surface area contributed by atoms with Crippen LogP contribution in [0.4, 0.5) is 5.69 Å². The van der Waals surface area contributed by atoms with E-state index in [0.717, 1.165) is 5.56 Å². The van der Waals surface area contributed by atoms with E-state index >= 15 is 0 Å². The van der Waals surface area contributed by atoms with E-state index in [9.17, 15) is 9.59 Å². The molecule has 1 aliphatic rings. The second-order valence-corrected chi connectivity index (χ2v) is 5.60. The summed E-state index contributed by atoms with van der Waals surface area (Å²) in [6.45, 7) is -0.0314. The van der Waals surface area contributed by atoms with Gasteiger partial charge in [0.1, 0.15) is 6.17 Å². The van der Waals surface area contributed by atoms with Crippen molar-refractivity contribution < 1.29 is 19.1 Å². The van der Waals surface area contributed by atoms with Crippen molar-refractivity contribution in [3.63, 3.8) is 0 Å². The number of hydrogen-bond acceptors (Lipinski definition) is 5. The van der Waals surface area contributed by atoms with Gasteiger partial charge in [0.25, 0.3) is 5.91 Å². The normalized spacial score (nSPS) is 16.0. The number of anilines is 1. The summed E-state index contributed by atoms with van der Waals surface area (Å²) >= 11 is 0. The molecule has 7 nitrogen and oxygen atoms in total. The highest BCUT2D eigenvalue weighted by Gasteiger charge is 2.32. The van der Waals surface area contributed by atoms with E-state index in [0.29, 0.717) is 22.7 Å². The van der Waals surface area contributed by atoms with Gasteiger partial charge >= 0.3 is 0 Å². The van der Waals surface area contributed by atoms with Gasteiger partial charge < -0.3 is 25.4 Å². The molecule has 1 atom stereocenters. The molecule has 0 aliphatic carbocycles. The number of carbonyl (C=O) groups is 2. The first-order valence-corrected chi connectivity index (χ1v) is 7.72. The summed E-state index contributed by atoms with van der Waals surface area (Å²) < 4.78 is 10.6. The Morgan fingerprint density at radius 1 is 1.16 bits per heavy atom. The fourth-order valence-electron chi connectivity index (χ4n) is 2.97. The number of nitrogens with two attached hydrogens (primary N) is 1. The third kappa shape index (κ3) is 3.08. The van der Waals surface area contributed by atoms with Crippen molar-refractivity contribution >= 4 is 17.5 Å². The molecule has 0 saturated heterocycles. The van der Waals surface area contributed by atoms with E-state index in [1.54, 1.807) is 42.3 Å². The van der Waals surface area contributed by atoms with E-state index < -0.39 is 12.1 Å². The van der Waals surface area contributed by atoms with Crippen molar-refractivity contribution in [2.24, 2.45) is 5.73 Å². The van der Waals surface area contributed by atoms with Crippen molar-refractivity contribution in [2.75, 3.05) is 25.7 Å². The minimum atomic E-state index is -0.547. The Morgan fingerprint density at radius 3 is 2.56 bits per heavy atom. The second-order valence-electron chi connectivity index (χ2n) is 5.60. The number of nitrogens with one attached hydrogen (secondary N) is 1. The number of rotatable bonds is 5. The quantitative estimate of drug-likeness (QED) is 0.858. The predicted octanol–water partition coefficient (Wildman–Crippen LogP) is 1.44. The molecule has 0 saturated carbocycles. The number of nitrogens with zero attached hydrogens (tertiary/aromatic N) is 1. The second kappa shape index (κ2) is 6.72. The zero-order valence-corrected chi connectivity index (χ0v) is 14.0. The Balaban J connectivity index is 2.08. The van der Waals surface area contributed by atoms with Crippen LogP contribution in [0.25, 0.3) is 0 Å². The molecular weight excluding hydrogens is 322 g/mol. The smallest absolute Gasteiger partial charge is 0.255 e. The number of fused-ring (bicyclic) bond motifs is 1. The van der Waals surface area contributed by atoms with Gasteiger partial charge in [-0.2, -0.15) is 0 Å². The average molecular weight is 341 g/mol. The average Bonchev–Trinajstić information content (AvgIpc) is 2.63. The molecule has 25 heavy (non-hydrogen) atoms. The number of methoxy groups -OCH3 is 2. The van der Waals surface area contributed by atoms with Crippen LogP contribution in [0.5, 0.6) is 11.5 Å². The van der Waals surface area contributed by atoms with Gasteiger partial charge in [0, 0.05) is 0 Å². The first-order chi connectivity index (χ1) is 12.0. The molecule has 0 fully saturated rings. The molecule has 2 aromatic carbocycles. The first kappa shape index (κ1) is 16.6. The maximum Gasteiger partial charge on any atom is 0.255 e. The van der Waals surface area contributed by atoms with Gasteiger partial charge in [0.05, 0.1) is 32.0 Å². The number of primary amides is 1. The van der Waals surface area contributed by atoms with Gasteiger partial charge in [-0.25, -0.2) is 0 Å². The third-order valence-corrected chi connectivity index (χ3v) is 4.09. The van der Waals surface area contributed by atoms with E-state index in [4.69, 9.17) is 15.2 Å². The summed E-state index contributed by atoms with van der Waals surface area (Å²) in [7, 11) is 3.09. The molecular formula is C18H19N3O4. The van der Waals surface area contributed by atoms with E-state index in [1.165, 1.54) is 7.11 Å². The van der Waals surface area contributed by atoms with Crippen LogP contribution in [0.2, 0.25) is 0 Å². The van der Waals surface area contributed by atoms with Crippen LogP contribution >= 0.6 is 0 Å². The largest absolute Gasteiger partial charge is 0.493 e. The maximum absolute atomic E-state index is 12.5. The number of hydrogen-bond donors (Lipinski definition) is 2. The van der Waals surface area contributed by atoms with Crippen LogP contribution in [0.1, 0.15) is 22.1 Å². The molecule has 1 aliphatic heterocycles. The van der Waals surface area contributed by atoms with Crippen LogP contribution in [-0.2, 0) is 4.79 Å². The molecule has 2 amide bonds. The van der Waals surface area contributed by atoms with Gasteiger partial charge in [-0.1, -0.05) is 18.2 Å². The molecule has 3 N–H and O–H groups in total. The Morgan fingerprint density at radius 2 is 1.88 bits per heavy atom. The molecule has 0 aromatic heterocycles. The monoisotopic (exact) mass is 341 g/mol. The highest BCUT2D eigenvalue weighted by Crippen LogP contribution is 2.36. The molecule has 0 spiro atoms. The Labute approximate surface area is 145 Å². The lowest BCUT2D eigenvalue weighted by Gasteiger charge is -2.38. The van der Waals surface area contributed by atoms with Gasteiger partial charge in [-0.05, 0) is 29.8 Å². The number of amides is 2. The summed E-state index contributed by atoms with van der Waals surface area (Å²) in [6, 6.07) is 12.4. The van der Waals surface area contributed by atoms with Gasteiger partial charge in [-0.3, -0.25) is 9.59 Å². The third-order valence-electron chi connectivity index (χ3n) is 4.09. The molecule has 0 bridgehead atoms. The van der Waals surface area contributed by atoms with Crippen LogP contribution in [0.15, 0.2) is 42.5 Å². The zero-order chi connectivity index (χ0) is 18.0. The first-order valence-electron chi connectivity index (χ1n) is 7.72. The summed E-state index contributed by atoms with van der Waals surface area (Å²) in [6.07, 6.45) is -0.547. The number of para-hydroxylation sites is 1. The van der Waals surface area contributed by atoms with Crippen molar-refractivity contribution in [1.29, 1.82) is 0 Å². The SMILES string of the molecule is COc1ccc([C@H]2NC(=O)c3ccccc3N2CC(N)=O)cc1OC. The lowest BCUT2D eigenvalue weighted by Crippen LogP contribution is -2.49. The molecule has 7 heteroatoms. The summed E-state index contributed by atoms with van der Waals surface area (Å²) in [5, 5.41) is 2.92. The van der Waals surface area contributed by atoms with Crippen molar-refractivity contribution in [3.8, 4) is 11.5 Å². The van der Waals surface area contributed by atoms with Gasteiger partial charge in [-0.15, -0.1) is 0 Å². The van der Waals surface area contributed by atoms with Crippen molar-refractivity contribution in [1.82, 2.24) is 5.32 Å². The Bertz CT molecular complexity index is 822. The van der Waals surface area contributed by atoms with Crippen LogP contribution in [0, 0.1) is 0 Å². The van der Waals surface area contributed by atoms with E-state index in [2.05, 4.69) is 5.32 Å². The maximum atomic E-state index is 12.5. The molecule has 3 rings (SSSR count). The number of carbonyl (C=O) groups excluding carboxylic acids is 2. The molecule has 2 aromatic rings. The predicted molar refractivity (Wildman–Crippen MR) is 92.7 cm³/mol. The summed E-state index contributed by atoms with van der Waals surface area (Å²) in [4.78, 5) is 25.8. The summed E-state index contributed by atoms with van der Waals surface area (Å²) in [5.74, 6) is 0.412. The Kier molecular flexibility index (Phi) is 4.47. The van der Waals surface area contributed by atoms with E-state index in [-0.39, 0.29) is 12.5 Å². The minimum Gasteiger partial charge on any atom is -0.493 e. The Hall–Kier alpha value is -3.22. The van der Waals surface area contributed by atoms with E-state index in [1.807, 2.05) is 12.1 Å². The lowest BCUT2D eigenvalue weighted by atomic mass is 10.0. The fraction of sp³-hybridized carbons (Fsp3) is 0.222. The minimum absolute atomic E-state index is 0.0314. The topological polar surface area (TPSA) is 93.9 Å². The highest BCUT2D eigenvalue weighted by molar-refractivity contribution is 6.02. The molecule has 1 heterocycles. The van der Waals surface area contributed by atoms with Crippen molar-refractivity contribution in [3.05, 3.63) is 53.6 Å². The fourth-order valence-corrected chi connectivity index (χ4v) is 2.97. The van der Waals surface area contributed by atoms with Crippen LogP contribution in [-0.4, -0.2) is 32.6 Å². The zero-order valence-electron chi connectivity index (χ0n) is 14.0. The number of benzene rings is 2. The standard InChI is InChI=1S/C18H19N3O4/c1-24-14-8-7-11(9-15(14)25-2)17-20-18(23)12-5-3-4-6-13(12)21(17)10-16(19)22/h3-9,17H,10H2,1-2H3,(H2,19,22)(H,20,23)/t17-/m0/s1. The molecule has 0 unspecified atom stereocenters. The summed E-state index contributed by atoms with van der Waals surface area (Å²) in [5.41, 5.74) is 7.33. The van der Waals surface area contributed by atoms with Gasteiger partial charge in [0.2, 0.25) is 5.91 Å². The van der Waals surface area contributed by atoms with Crippen LogP contribution in [0.3, 0.4) is 0 Å².